The van der Waals surface area contributed by atoms with Crippen LogP contribution in [0.15, 0.2) is 24.3 Å². The fraction of sp³-hybridized carbons (Fsp3) is 0.231. The monoisotopic (exact) mass is 282 g/mol. The summed E-state index contributed by atoms with van der Waals surface area (Å²) < 4.78 is 15.2. The Balaban J connectivity index is 2.70. The third-order valence-electron chi connectivity index (χ3n) is 2.70. The second-order valence-electron chi connectivity index (χ2n) is 4.40. The number of aromatic nitrogens is 2. The van der Waals surface area contributed by atoms with Crippen molar-refractivity contribution in [3.63, 3.8) is 0 Å². The Labute approximate surface area is 114 Å². The highest BCUT2D eigenvalue weighted by Gasteiger charge is 2.20. The van der Waals surface area contributed by atoms with Crippen molar-refractivity contribution in [2.24, 2.45) is 0 Å². The van der Waals surface area contributed by atoms with Crippen molar-refractivity contribution in [2.75, 3.05) is 0 Å². The maximum absolute atomic E-state index is 13.9. The van der Waals surface area contributed by atoms with Gasteiger partial charge in [0.15, 0.2) is 5.69 Å². The Bertz CT molecular complexity index is 617. The lowest BCUT2D eigenvalue weighted by molar-refractivity contribution is 0.0690. The number of benzene rings is 1. The number of nitrogens with zero attached hydrogens (tertiary/aromatic N) is 2. The van der Waals surface area contributed by atoms with E-state index < -0.39 is 11.8 Å². The van der Waals surface area contributed by atoms with Gasteiger partial charge in [0, 0.05) is 5.69 Å². The summed E-state index contributed by atoms with van der Waals surface area (Å²) in [5, 5.41) is 13.1. The molecule has 0 saturated heterocycles. The number of rotatable bonds is 3. The minimum atomic E-state index is -1.16. The zero-order chi connectivity index (χ0) is 14.2. The number of aromatic carboxylic acids is 1. The van der Waals surface area contributed by atoms with Crippen LogP contribution < -0.4 is 0 Å². The molecule has 19 heavy (non-hydrogen) atoms. The van der Waals surface area contributed by atoms with Crippen LogP contribution in [0.25, 0.3) is 5.69 Å². The zero-order valence-corrected chi connectivity index (χ0v) is 11.1. The first-order valence-corrected chi connectivity index (χ1v) is 6.07. The molecule has 0 aliphatic rings. The van der Waals surface area contributed by atoms with E-state index in [2.05, 4.69) is 5.10 Å². The zero-order valence-electron chi connectivity index (χ0n) is 10.4. The predicted octanol–water partition coefficient (Wildman–Crippen LogP) is 3.49. The summed E-state index contributed by atoms with van der Waals surface area (Å²) in [6.45, 7) is 3.74. The first-order valence-electron chi connectivity index (χ1n) is 5.69. The Morgan fingerprint density at radius 1 is 1.47 bits per heavy atom. The van der Waals surface area contributed by atoms with E-state index in [1.165, 1.54) is 28.9 Å². The summed E-state index contributed by atoms with van der Waals surface area (Å²) in [5.41, 5.74) is 0.521. The molecule has 1 aromatic heterocycles. The summed E-state index contributed by atoms with van der Waals surface area (Å²) in [6.07, 6.45) is 0. The van der Waals surface area contributed by atoms with E-state index in [1.807, 2.05) is 13.8 Å². The van der Waals surface area contributed by atoms with Crippen LogP contribution in [-0.2, 0) is 0 Å². The first kappa shape index (κ1) is 13.5. The number of hydrogen-bond donors (Lipinski definition) is 1. The van der Waals surface area contributed by atoms with Gasteiger partial charge in [0.1, 0.15) is 11.5 Å². The Hall–Kier alpha value is -1.88. The number of halogens is 2. The summed E-state index contributed by atoms with van der Waals surface area (Å²) in [4.78, 5) is 11.0. The van der Waals surface area contributed by atoms with Gasteiger partial charge in [-0.2, -0.15) is 5.10 Å². The molecular formula is C13H12ClFN2O2. The highest BCUT2D eigenvalue weighted by atomic mass is 35.5. The first-order chi connectivity index (χ1) is 8.91. The molecular weight excluding hydrogens is 271 g/mol. The van der Waals surface area contributed by atoms with Gasteiger partial charge in [0.05, 0.1) is 5.02 Å². The second-order valence-corrected chi connectivity index (χ2v) is 4.80. The van der Waals surface area contributed by atoms with Crippen molar-refractivity contribution in [2.45, 2.75) is 19.8 Å². The standard InChI is InChI=1S/C13H12ClFN2O2/c1-7(2)11-6-10(13(18)19)16-17(11)12-8(14)4-3-5-9(12)15/h3-7H,1-2H3,(H,18,19). The summed E-state index contributed by atoms with van der Waals surface area (Å²) in [6, 6.07) is 5.70. The molecule has 0 aliphatic carbocycles. The van der Waals surface area contributed by atoms with Crippen LogP contribution in [0.4, 0.5) is 4.39 Å². The highest BCUT2D eigenvalue weighted by molar-refractivity contribution is 6.32. The average molecular weight is 283 g/mol. The van der Waals surface area contributed by atoms with Crippen molar-refractivity contribution >= 4 is 17.6 Å². The van der Waals surface area contributed by atoms with Crippen LogP contribution in [0, 0.1) is 5.82 Å². The Morgan fingerprint density at radius 2 is 2.16 bits per heavy atom. The minimum absolute atomic E-state index is 0.0173. The molecule has 1 aromatic carbocycles. The molecule has 0 fully saturated rings. The maximum Gasteiger partial charge on any atom is 0.356 e. The molecule has 1 N–H and O–H groups in total. The smallest absolute Gasteiger partial charge is 0.356 e. The van der Waals surface area contributed by atoms with Gasteiger partial charge in [-0.15, -0.1) is 0 Å². The van der Waals surface area contributed by atoms with Crippen LogP contribution in [-0.4, -0.2) is 20.9 Å². The van der Waals surface area contributed by atoms with Crippen molar-refractivity contribution in [3.8, 4) is 5.69 Å². The molecule has 0 amide bonds. The van der Waals surface area contributed by atoms with E-state index in [0.29, 0.717) is 5.69 Å². The van der Waals surface area contributed by atoms with Gasteiger partial charge < -0.3 is 5.11 Å². The van der Waals surface area contributed by atoms with Gasteiger partial charge >= 0.3 is 5.97 Å². The second kappa shape index (κ2) is 5.01. The van der Waals surface area contributed by atoms with Gasteiger partial charge in [-0.05, 0) is 24.1 Å². The van der Waals surface area contributed by atoms with Gasteiger partial charge in [-0.1, -0.05) is 31.5 Å². The van der Waals surface area contributed by atoms with Crippen molar-refractivity contribution in [1.82, 2.24) is 9.78 Å². The van der Waals surface area contributed by atoms with Crippen LogP contribution in [0.5, 0.6) is 0 Å². The van der Waals surface area contributed by atoms with E-state index in [0.717, 1.165) is 0 Å². The molecule has 0 atom stereocenters. The number of carbonyl (C=O) groups is 1. The SMILES string of the molecule is CC(C)c1cc(C(=O)O)nn1-c1c(F)cccc1Cl. The molecule has 0 radical (unpaired) electrons. The van der Waals surface area contributed by atoms with Crippen molar-refractivity contribution < 1.29 is 14.3 Å². The van der Waals surface area contributed by atoms with Crippen molar-refractivity contribution in [3.05, 3.63) is 46.5 Å². The molecule has 0 bridgehead atoms. The third-order valence-corrected chi connectivity index (χ3v) is 3.00. The number of para-hydroxylation sites is 1. The summed E-state index contributed by atoms with van der Waals surface area (Å²) in [7, 11) is 0. The van der Waals surface area contributed by atoms with Crippen LogP contribution in [0.2, 0.25) is 5.02 Å². The molecule has 0 aliphatic heterocycles. The van der Waals surface area contributed by atoms with Crippen LogP contribution >= 0.6 is 11.6 Å². The molecule has 0 unspecified atom stereocenters. The van der Waals surface area contributed by atoms with E-state index in [9.17, 15) is 9.18 Å². The molecule has 1 heterocycles. The van der Waals surface area contributed by atoms with Gasteiger partial charge in [-0.3, -0.25) is 0 Å². The minimum Gasteiger partial charge on any atom is -0.476 e. The molecule has 100 valence electrons. The van der Waals surface area contributed by atoms with E-state index in [-0.39, 0.29) is 22.3 Å². The quantitative estimate of drug-likeness (QED) is 0.937. The van der Waals surface area contributed by atoms with Crippen LogP contribution in [0.1, 0.15) is 35.9 Å². The highest BCUT2D eigenvalue weighted by Crippen LogP contribution is 2.27. The fourth-order valence-corrected chi connectivity index (χ4v) is 2.02. The fourth-order valence-electron chi connectivity index (χ4n) is 1.78. The summed E-state index contributed by atoms with van der Waals surface area (Å²) in [5.74, 6) is -1.72. The topological polar surface area (TPSA) is 55.1 Å². The van der Waals surface area contributed by atoms with Crippen LogP contribution in [0.3, 0.4) is 0 Å². The molecule has 0 spiro atoms. The maximum atomic E-state index is 13.9. The third kappa shape index (κ3) is 2.46. The Kier molecular flexibility index (Phi) is 3.57. The molecule has 2 aromatic rings. The lowest BCUT2D eigenvalue weighted by atomic mass is 10.1. The van der Waals surface area contributed by atoms with Gasteiger partial charge in [0.25, 0.3) is 0 Å². The number of hydrogen-bond acceptors (Lipinski definition) is 2. The lowest BCUT2D eigenvalue weighted by Crippen LogP contribution is -2.07. The van der Waals surface area contributed by atoms with Gasteiger partial charge in [-0.25, -0.2) is 13.9 Å². The molecule has 6 heteroatoms. The van der Waals surface area contributed by atoms with E-state index in [1.54, 1.807) is 0 Å². The van der Waals surface area contributed by atoms with E-state index in [4.69, 9.17) is 16.7 Å². The average Bonchev–Trinajstić information content (AvgIpc) is 2.73. The summed E-state index contributed by atoms with van der Waals surface area (Å²) >= 11 is 5.98. The van der Waals surface area contributed by atoms with Gasteiger partial charge in [0.2, 0.25) is 0 Å². The predicted molar refractivity (Wildman–Crippen MR) is 69.6 cm³/mol. The largest absolute Gasteiger partial charge is 0.476 e. The van der Waals surface area contributed by atoms with E-state index >= 15 is 0 Å². The molecule has 0 saturated carbocycles. The molecule has 4 nitrogen and oxygen atoms in total. The number of carboxylic acid groups (broad SMARTS) is 1. The Morgan fingerprint density at radius 3 is 2.68 bits per heavy atom. The normalized spacial score (nSPS) is 11.0. The lowest BCUT2D eigenvalue weighted by Gasteiger charge is -2.12. The molecule has 2 rings (SSSR count). The number of carboxylic acids is 1. The van der Waals surface area contributed by atoms with Crippen molar-refractivity contribution in [1.29, 1.82) is 0 Å².